The van der Waals surface area contributed by atoms with E-state index >= 15 is 0 Å². The first-order valence-corrected chi connectivity index (χ1v) is 8.32. The van der Waals surface area contributed by atoms with E-state index in [0.717, 1.165) is 16.5 Å². The van der Waals surface area contributed by atoms with Crippen molar-refractivity contribution in [3.63, 3.8) is 0 Å². The topological polar surface area (TPSA) is 73.4 Å². The van der Waals surface area contributed by atoms with Crippen molar-refractivity contribution >= 4 is 16.5 Å². The van der Waals surface area contributed by atoms with Crippen LogP contribution in [0, 0.1) is 24.0 Å². The molecule has 0 N–H and O–H groups in total. The number of hydrogen-bond acceptors (Lipinski definition) is 5. The van der Waals surface area contributed by atoms with Crippen LogP contribution in [0.25, 0.3) is 10.8 Å². The molecule has 7 heteroatoms. The molecule has 136 valence electrons. The predicted molar refractivity (Wildman–Crippen MR) is 100 cm³/mol. The van der Waals surface area contributed by atoms with Gasteiger partial charge >= 0.3 is 5.69 Å². The Hall–Kier alpha value is -2.93. The molecule has 1 aromatic heterocycles. The number of fused-ring (bicyclic) bond motifs is 1. The van der Waals surface area contributed by atoms with E-state index in [1.54, 1.807) is 25.6 Å². The Labute approximate surface area is 151 Å². The van der Waals surface area contributed by atoms with E-state index in [1.807, 2.05) is 25.2 Å². The molecule has 0 aliphatic heterocycles. The van der Waals surface area contributed by atoms with E-state index in [4.69, 9.17) is 4.74 Å². The number of aromatic nitrogens is 2. The zero-order valence-corrected chi connectivity index (χ0v) is 15.4. The normalized spacial score (nSPS) is 11.3. The van der Waals surface area contributed by atoms with Gasteiger partial charge in [-0.3, -0.25) is 15.0 Å². The number of rotatable bonds is 6. The standard InChI is InChI=1S/C19H22N4O3/c1-13-19(23(24)25)14(2)22(20-13)12-21(3)11-15-5-6-17-10-18(26-4)8-7-16(17)9-15/h5-10H,11-12H2,1-4H3. The van der Waals surface area contributed by atoms with Gasteiger partial charge in [-0.05, 0) is 55.4 Å². The van der Waals surface area contributed by atoms with Crippen molar-refractivity contribution in [1.29, 1.82) is 0 Å². The molecule has 0 unspecified atom stereocenters. The van der Waals surface area contributed by atoms with E-state index in [-0.39, 0.29) is 10.6 Å². The van der Waals surface area contributed by atoms with Gasteiger partial charge in [0, 0.05) is 6.54 Å². The summed E-state index contributed by atoms with van der Waals surface area (Å²) in [5.74, 6) is 0.841. The molecule has 0 saturated carbocycles. The smallest absolute Gasteiger partial charge is 0.312 e. The molecule has 0 saturated heterocycles. The summed E-state index contributed by atoms with van der Waals surface area (Å²) in [6.07, 6.45) is 0. The van der Waals surface area contributed by atoms with Crippen LogP contribution in [0.5, 0.6) is 5.75 Å². The number of methoxy groups -OCH3 is 1. The molecule has 2 aromatic carbocycles. The summed E-state index contributed by atoms with van der Waals surface area (Å²) in [7, 11) is 3.63. The lowest BCUT2D eigenvalue weighted by Gasteiger charge is -2.18. The third-order valence-corrected chi connectivity index (χ3v) is 4.47. The Morgan fingerprint density at radius 3 is 2.54 bits per heavy atom. The lowest BCUT2D eigenvalue weighted by Crippen LogP contribution is -2.23. The Morgan fingerprint density at radius 2 is 1.88 bits per heavy atom. The van der Waals surface area contributed by atoms with Crippen LogP contribution in [0.4, 0.5) is 5.69 Å². The van der Waals surface area contributed by atoms with Gasteiger partial charge in [0.1, 0.15) is 17.1 Å². The predicted octanol–water partition coefficient (Wildman–Crippen LogP) is 3.66. The van der Waals surface area contributed by atoms with Crippen molar-refractivity contribution in [1.82, 2.24) is 14.7 Å². The van der Waals surface area contributed by atoms with Crippen LogP contribution in [-0.2, 0) is 13.2 Å². The highest BCUT2D eigenvalue weighted by atomic mass is 16.6. The molecular formula is C19H22N4O3. The quantitative estimate of drug-likeness (QED) is 0.499. The van der Waals surface area contributed by atoms with Gasteiger partial charge in [-0.2, -0.15) is 5.10 Å². The molecular weight excluding hydrogens is 332 g/mol. The summed E-state index contributed by atoms with van der Waals surface area (Å²) in [5, 5.41) is 17.7. The maximum Gasteiger partial charge on any atom is 0.312 e. The van der Waals surface area contributed by atoms with Crippen LogP contribution in [0.15, 0.2) is 36.4 Å². The van der Waals surface area contributed by atoms with Gasteiger partial charge in [-0.25, -0.2) is 4.68 Å². The average molecular weight is 354 g/mol. The van der Waals surface area contributed by atoms with Crippen LogP contribution in [0.3, 0.4) is 0 Å². The summed E-state index contributed by atoms with van der Waals surface area (Å²) in [4.78, 5) is 12.8. The molecule has 0 bridgehead atoms. The summed E-state index contributed by atoms with van der Waals surface area (Å²) < 4.78 is 6.94. The van der Waals surface area contributed by atoms with Crippen molar-refractivity contribution in [3.8, 4) is 5.75 Å². The molecule has 0 aliphatic rings. The molecule has 1 heterocycles. The Bertz CT molecular complexity index is 965. The Morgan fingerprint density at radius 1 is 1.19 bits per heavy atom. The lowest BCUT2D eigenvalue weighted by molar-refractivity contribution is -0.386. The summed E-state index contributed by atoms with van der Waals surface area (Å²) in [6.45, 7) is 4.60. The zero-order chi connectivity index (χ0) is 18.8. The minimum Gasteiger partial charge on any atom is -0.497 e. The molecule has 3 aromatic rings. The SMILES string of the molecule is COc1ccc2cc(CN(C)Cn3nc(C)c([N+](=O)[O-])c3C)ccc2c1. The Kier molecular flexibility index (Phi) is 4.90. The first kappa shape index (κ1) is 17.9. The van der Waals surface area contributed by atoms with Crippen LogP contribution in [0.2, 0.25) is 0 Å². The molecule has 0 fully saturated rings. The number of nitro groups is 1. The third-order valence-electron chi connectivity index (χ3n) is 4.47. The van der Waals surface area contributed by atoms with Crippen molar-refractivity contribution < 1.29 is 9.66 Å². The van der Waals surface area contributed by atoms with Gasteiger partial charge in [0.15, 0.2) is 0 Å². The maximum atomic E-state index is 11.1. The maximum absolute atomic E-state index is 11.1. The second-order valence-corrected chi connectivity index (χ2v) is 6.48. The van der Waals surface area contributed by atoms with Gasteiger partial charge in [0.2, 0.25) is 0 Å². The average Bonchev–Trinajstić information content (AvgIpc) is 2.87. The van der Waals surface area contributed by atoms with E-state index in [9.17, 15) is 10.1 Å². The van der Waals surface area contributed by atoms with Crippen LogP contribution in [0.1, 0.15) is 17.0 Å². The van der Waals surface area contributed by atoms with Gasteiger partial charge in [0.05, 0.1) is 18.7 Å². The second kappa shape index (κ2) is 7.13. The molecule has 7 nitrogen and oxygen atoms in total. The number of aryl methyl sites for hydroxylation is 1. The fourth-order valence-corrected chi connectivity index (χ4v) is 3.18. The lowest BCUT2D eigenvalue weighted by atomic mass is 10.1. The highest BCUT2D eigenvalue weighted by Crippen LogP contribution is 2.24. The Balaban J connectivity index is 1.76. The number of benzene rings is 2. The number of ether oxygens (including phenoxy) is 1. The van der Waals surface area contributed by atoms with Crippen molar-refractivity contribution in [3.05, 3.63) is 63.5 Å². The summed E-state index contributed by atoms with van der Waals surface area (Å²) in [6, 6.07) is 12.3. The number of nitrogens with zero attached hydrogens (tertiary/aromatic N) is 4. The zero-order valence-electron chi connectivity index (χ0n) is 15.4. The minimum absolute atomic E-state index is 0.0954. The molecule has 26 heavy (non-hydrogen) atoms. The monoisotopic (exact) mass is 354 g/mol. The van der Waals surface area contributed by atoms with E-state index in [0.29, 0.717) is 24.6 Å². The van der Waals surface area contributed by atoms with Gasteiger partial charge in [-0.15, -0.1) is 0 Å². The molecule has 3 rings (SSSR count). The largest absolute Gasteiger partial charge is 0.497 e. The molecule has 0 aliphatic carbocycles. The van der Waals surface area contributed by atoms with Crippen molar-refractivity contribution in [2.24, 2.45) is 0 Å². The first-order valence-electron chi connectivity index (χ1n) is 8.32. The van der Waals surface area contributed by atoms with Gasteiger partial charge < -0.3 is 4.74 Å². The molecule has 0 amide bonds. The van der Waals surface area contributed by atoms with E-state index in [2.05, 4.69) is 28.2 Å². The van der Waals surface area contributed by atoms with E-state index in [1.165, 1.54) is 5.56 Å². The van der Waals surface area contributed by atoms with Crippen LogP contribution in [-0.4, -0.2) is 33.8 Å². The molecule has 0 radical (unpaired) electrons. The highest BCUT2D eigenvalue weighted by Gasteiger charge is 2.22. The third kappa shape index (κ3) is 3.52. The fraction of sp³-hybridized carbons (Fsp3) is 0.316. The van der Waals surface area contributed by atoms with Gasteiger partial charge in [0.25, 0.3) is 0 Å². The molecule has 0 atom stereocenters. The van der Waals surface area contributed by atoms with E-state index < -0.39 is 0 Å². The van der Waals surface area contributed by atoms with Crippen LogP contribution >= 0.6 is 0 Å². The summed E-state index contributed by atoms with van der Waals surface area (Å²) >= 11 is 0. The first-order chi connectivity index (χ1) is 12.4. The van der Waals surface area contributed by atoms with Crippen LogP contribution < -0.4 is 4.74 Å². The van der Waals surface area contributed by atoms with Crippen molar-refractivity contribution in [2.45, 2.75) is 27.1 Å². The van der Waals surface area contributed by atoms with Gasteiger partial charge in [-0.1, -0.05) is 18.2 Å². The van der Waals surface area contributed by atoms with Crippen molar-refractivity contribution in [2.75, 3.05) is 14.2 Å². The summed E-state index contributed by atoms with van der Waals surface area (Å²) in [5.41, 5.74) is 2.28. The molecule has 0 spiro atoms. The highest BCUT2D eigenvalue weighted by molar-refractivity contribution is 5.84. The fourth-order valence-electron chi connectivity index (χ4n) is 3.18. The second-order valence-electron chi connectivity index (χ2n) is 6.48. The number of hydrogen-bond donors (Lipinski definition) is 0. The minimum atomic E-state index is -0.369.